The lowest BCUT2D eigenvalue weighted by atomic mass is 9.93. The molecule has 2 rings (SSSR count). The summed E-state index contributed by atoms with van der Waals surface area (Å²) in [6.45, 7) is 2.03. The first-order valence-corrected chi connectivity index (χ1v) is 8.30. The molecule has 0 bridgehead atoms. The summed E-state index contributed by atoms with van der Waals surface area (Å²) in [5.41, 5.74) is 1.11. The number of sulfonamides is 1. The molecule has 4 nitrogen and oxygen atoms in total. The highest BCUT2D eigenvalue weighted by Crippen LogP contribution is 2.20. The Balaban J connectivity index is 2.12. The Morgan fingerprint density at radius 3 is 2.42 bits per heavy atom. The van der Waals surface area contributed by atoms with E-state index in [1.54, 1.807) is 12.1 Å². The van der Waals surface area contributed by atoms with Gasteiger partial charge in [0.25, 0.3) is 0 Å². The van der Waals surface area contributed by atoms with Gasteiger partial charge in [-0.05, 0) is 37.0 Å². The van der Waals surface area contributed by atoms with E-state index in [4.69, 9.17) is 0 Å². The van der Waals surface area contributed by atoms with E-state index < -0.39 is 16.1 Å². The summed E-state index contributed by atoms with van der Waals surface area (Å²) in [5.74, 6) is 0. The molecule has 106 valence electrons. The van der Waals surface area contributed by atoms with Gasteiger partial charge >= 0.3 is 0 Å². The summed E-state index contributed by atoms with van der Waals surface area (Å²) in [7, 11) is -3.53. The minimum absolute atomic E-state index is 0.266. The third-order valence-corrected chi connectivity index (χ3v) is 5.18. The SMILES string of the molecule is CCc1ccc(S(=O)(=O)NC2CCCCC2O)cc1. The van der Waals surface area contributed by atoms with E-state index in [2.05, 4.69) is 4.72 Å². The van der Waals surface area contributed by atoms with Gasteiger partial charge in [0.1, 0.15) is 0 Å². The molecule has 2 atom stereocenters. The van der Waals surface area contributed by atoms with Crippen molar-refractivity contribution in [3.63, 3.8) is 0 Å². The van der Waals surface area contributed by atoms with Crippen LogP contribution in [0.3, 0.4) is 0 Å². The van der Waals surface area contributed by atoms with Gasteiger partial charge in [-0.2, -0.15) is 0 Å². The van der Waals surface area contributed by atoms with Crippen LogP contribution in [-0.2, 0) is 16.4 Å². The zero-order chi connectivity index (χ0) is 13.9. The molecule has 2 unspecified atom stereocenters. The van der Waals surface area contributed by atoms with Gasteiger partial charge in [-0.1, -0.05) is 31.9 Å². The van der Waals surface area contributed by atoms with Crippen LogP contribution in [-0.4, -0.2) is 25.7 Å². The van der Waals surface area contributed by atoms with E-state index in [-0.39, 0.29) is 10.9 Å². The highest BCUT2D eigenvalue weighted by Gasteiger charge is 2.27. The fourth-order valence-corrected chi connectivity index (χ4v) is 3.72. The molecular formula is C14H21NO3S. The number of rotatable bonds is 4. The van der Waals surface area contributed by atoms with Gasteiger partial charge in [-0.15, -0.1) is 0 Å². The number of nitrogens with one attached hydrogen (secondary N) is 1. The van der Waals surface area contributed by atoms with Crippen molar-refractivity contribution in [1.29, 1.82) is 0 Å². The summed E-state index contributed by atoms with van der Waals surface area (Å²) < 4.78 is 27.1. The minimum atomic E-state index is -3.53. The first-order chi connectivity index (χ1) is 9.03. The molecule has 0 heterocycles. The van der Waals surface area contributed by atoms with Gasteiger partial charge in [0, 0.05) is 6.04 Å². The fraction of sp³-hybridized carbons (Fsp3) is 0.571. The Bertz CT molecular complexity index is 510. The van der Waals surface area contributed by atoms with Crippen molar-refractivity contribution in [2.75, 3.05) is 0 Å². The van der Waals surface area contributed by atoms with Crippen LogP contribution < -0.4 is 4.72 Å². The Hall–Kier alpha value is -0.910. The van der Waals surface area contributed by atoms with Crippen molar-refractivity contribution < 1.29 is 13.5 Å². The third-order valence-electron chi connectivity index (χ3n) is 3.68. The Kier molecular flexibility index (Phi) is 4.60. The number of aryl methyl sites for hydroxylation is 1. The molecular weight excluding hydrogens is 262 g/mol. The van der Waals surface area contributed by atoms with Crippen molar-refractivity contribution in [3.8, 4) is 0 Å². The van der Waals surface area contributed by atoms with Gasteiger partial charge in [0.15, 0.2) is 0 Å². The summed E-state index contributed by atoms with van der Waals surface area (Å²) in [6, 6.07) is 6.54. The molecule has 1 aromatic rings. The maximum Gasteiger partial charge on any atom is 0.240 e. The lowest BCUT2D eigenvalue weighted by molar-refractivity contribution is 0.101. The summed E-state index contributed by atoms with van der Waals surface area (Å²) >= 11 is 0. The van der Waals surface area contributed by atoms with Crippen LogP contribution in [0.25, 0.3) is 0 Å². The normalized spacial score (nSPS) is 24.3. The van der Waals surface area contributed by atoms with E-state index in [0.717, 1.165) is 24.8 Å². The number of hydrogen-bond acceptors (Lipinski definition) is 3. The van der Waals surface area contributed by atoms with Crippen molar-refractivity contribution in [2.24, 2.45) is 0 Å². The second-order valence-corrected chi connectivity index (χ2v) is 6.79. The number of aliphatic hydroxyl groups is 1. The van der Waals surface area contributed by atoms with Crippen molar-refractivity contribution in [3.05, 3.63) is 29.8 Å². The molecule has 0 amide bonds. The third kappa shape index (κ3) is 3.55. The van der Waals surface area contributed by atoms with Crippen LogP contribution in [0, 0.1) is 0 Å². The number of aliphatic hydroxyl groups excluding tert-OH is 1. The van der Waals surface area contributed by atoms with Crippen LogP contribution in [0.1, 0.15) is 38.2 Å². The average molecular weight is 283 g/mol. The molecule has 1 saturated carbocycles. The predicted molar refractivity (Wildman–Crippen MR) is 74.4 cm³/mol. The molecule has 2 N–H and O–H groups in total. The first-order valence-electron chi connectivity index (χ1n) is 6.82. The molecule has 0 aromatic heterocycles. The van der Waals surface area contributed by atoms with Gasteiger partial charge in [-0.3, -0.25) is 0 Å². The van der Waals surface area contributed by atoms with Crippen molar-refractivity contribution >= 4 is 10.0 Å². The van der Waals surface area contributed by atoms with Gasteiger partial charge < -0.3 is 5.11 Å². The zero-order valence-electron chi connectivity index (χ0n) is 11.2. The van der Waals surface area contributed by atoms with E-state index in [1.165, 1.54) is 0 Å². The summed E-state index contributed by atoms with van der Waals surface area (Å²) in [6.07, 6.45) is 3.60. The Morgan fingerprint density at radius 1 is 1.21 bits per heavy atom. The minimum Gasteiger partial charge on any atom is -0.391 e. The Labute approximate surface area is 114 Å². The predicted octanol–water partition coefficient (Wildman–Crippen LogP) is 1.83. The van der Waals surface area contributed by atoms with Crippen molar-refractivity contribution in [2.45, 2.75) is 56.1 Å². The lowest BCUT2D eigenvalue weighted by Gasteiger charge is -2.28. The molecule has 19 heavy (non-hydrogen) atoms. The highest BCUT2D eigenvalue weighted by molar-refractivity contribution is 7.89. The number of benzene rings is 1. The molecule has 1 aromatic carbocycles. The molecule has 0 radical (unpaired) electrons. The maximum absolute atomic E-state index is 12.2. The van der Waals surface area contributed by atoms with E-state index in [0.29, 0.717) is 12.8 Å². The quantitative estimate of drug-likeness (QED) is 0.886. The van der Waals surface area contributed by atoms with E-state index in [1.807, 2.05) is 19.1 Å². The smallest absolute Gasteiger partial charge is 0.240 e. The van der Waals surface area contributed by atoms with Crippen molar-refractivity contribution in [1.82, 2.24) is 4.72 Å². The monoisotopic (exact) mass is 283 g/mol. The standard InChI is InChI=1S/C14H21NO3S/c1-2-11-7-9-12(10-8-11)19(17,18)15-13-5-3-4-6-14(13)16/h7-10,13-16H,2-6H2,1H3. The van der Waals surface area contributed by atoms with Crippen LogP contribution in [0.5, 0.6) is 0 Å². The molecule has 0 spiro atoms. The van der Waals surface area contributed by atoms with E-state index in [9.17, 15) is 13.5 Å². The maximum atomic E-state index is 12.2. The zero-order valence-corrected chi connectivity index (χ0v) is 12.0. The molecule has 1 aliphatic rings. The summed E-state index contributed by atoms with van der Waals surface area (Å²) in [4.78, 5) is 0.266. The van der Waals surface area contributed by atoms with Crippen LogP contribution in [0.15, 0.2) is 29.2 Å². The topological polar surface area (TPSA) is 66.4 Å². The Morgan fingerprint density at radius 2 is 1.84 bits per heavy atom. The van der Waals surface area contributed by atoms with Crippen LogP contribution in [0.2, 0.25) is 0 Å². The van der Waals surface area contributed by atoms with Crippen LogP contribution >= 0.6 is 0 Å². The number of hydrogen-bond donors (Lipinski definition) is 2. The molecule has 0 saturated heterocycles. The second-order valence-electron chi connectivity index (χ2n) is 5.08. The fourth-order valence-electron chi connectivity index (χ4n) is 2.42. The van der Waals surface area contributed by atoms with Gasteiger partial charge in [0.05, 0.1) is 11.0 Å². The highest BCUT2D eigenvalue weighted by atomic mass is 32.2. The largest absolute Gasteiger partial charge is 0.391 e. The lowest BCUT2D eigenvalue weighted by Crippen LogP contribution is -2.44. The molecule has 0 aliphatic heterocycles. The van der Waals surface area contributed by atoms with Crippen LogP contribution in [0.4, 0.5) is 0 Å². The van der Waals surface area contributed by atoms with Gasteiger partial charge in [0.2, 0.25) is 10.0 Å². The molecule has 5 heteroatoms. The van der Waals surface area contributed by atoms with E-state index >= 15 is 0 Å². The van der Waals surface area contributed by atoms with Gasteiger partial charge in [-0.25, -0.2) is 13.1 Å². The average Bonchev–Trinajstić information content (AvgIpc) is 2.41. The first kappa shape index (κ1) is 14.5. The molecule has 1 aliphatic carbocycles. The molecule has 1 fully saturated rings. The summed E-state index contributed by atoms with van der Waals surface area (Å²) in [5, 5.41) is 9.83. The second kappa shape index (κ2) is 6.03.